The zero-order valence-electron chi connectivity index (χ0n) is 12.6. The Hall–Kier alpha value is -1.59. The molecule has 0 aliphatic rings. The quantitative estimate of drug-likeness (QED) is 0.705. The van der Waals surface area contributed by atoms with Crippen molar-refractivity contribution in [3.05, 3.63) is 29.3 Å². The number of nitrogens with one attached hydrogen (secondary N) is 3. The van der Waals surface area contributed by atoms with Gasteiger partial charge in [0.25, 0.3) is 0 Å². The zero-order valence-corrected chi connectivity index (χ0v) is 13.4. The summed E-state index contributed by atoms with van der Waals surface area (Å²) in [6.07, 6.45) is 0.335. The lowest BCUT2D eigenvalue weighted by molar-refractivity contribution is -0.122. The van der Waals surface area contributed by atoms with Gasteiger partial charge < -0.3 is 16.0 Å². The third-order valence-corrected chi connectivity index (χ3v) is 2.67. The monoisotopic (exact) mass is 311 g/mol. The van der Waals surface area contributed by atoms with E-state index in [0.717, 1.165) is 0 Å². The first-order chi connectivity index (χ1) is 9.76. The predicted molar refractivity (Wildman–Crippen MR) is 85.5 cm³/mol. The van der Waals surface area contributed by atoms with Crippen LogP contribution >= 0.6 is 11.6 Å². The van der Waals surface area contributed by atoms with Crippen LogP contribution < -0.4 is 16.0 Å². The average molecular weight is 312 g/mol. The number of anilines is 1. The third-order valence-electron chi connectivity index (χ3n) is 2.44. The zero-order chi connectivity index (χ0) is 15.9. The lowest BCUT2D eigenvalue weighted by atomic mass is 10.1. The molecule has 1 aromatic rings. The number of halogens is 1. The number of amides is 2. The minimum Gasteiger partial charge on any atom is -0.351 e. The Morgan fingerprint density at radius 3 is 2.52 bits per heavy atom. The molecule has 5 nitrogen and oxygen atoms in total. The number of carbonyl (C=O) groups excluding carboxylic acids is 2. The number of benzene rings is 1. The Labute approximate surface area is 130 Å². The minimum atomic E-state index is -0.235. The highest BCUT2D eigenvalue weighted by Gasteiger charge is 2.13. The molecule has 0 aliphatic carbocycles. The van der Waals surface area contributed by atoms with Crippen LogP contribution in [0.5, 0.6) is 0 Å². The van der Waals surface area contributed by atoms with Crippen LogP contribution in [0.15, 0.2) is 24.3 Å². The van der Waals surface area contributed by atoms with E-state index in [2.05, 4.69) is 16.0 Å². The van der Waals surface area contributed by atoms with Crippen LogP contribution in [0, 0.1) is 0 Å². The van der Waals surface area contributed by atoms with E-state index in [-0.39, 0.29) is 23.9 Å². The fraction of sp³-hybridized carbons (Fsp3) is 0.467. The van der Waals surface area contributed by atoms with E-state index < -0.39 is 0 Å². The van der Waals surface area contributed by atoms with E-state index in [9.17, 15) is 9.59 Å². The third kappa shape index (κ3) is 8.32. The van der Waals surface area contributed by atoms with E-state index in [1.807, 2.05) is 20.8 Å². The van der Waals surface area contributed by atoms with Gasteiger partial charge in [-0.05, 0) is 39.0 Å². The first-order valence-electron chi connectivity index (χ1n) is 6.83. The molecule has 0 bridgehead atoms. The van der Waals surface area contributed by atoms with Crippen molar-refractivity contribution >= 4 is 29.1 Å². The molecule has 0 saturated carbocycles. The molecule has 0 spiro atoms. The van der Waals surface area contributed by atoms with Crippen LogP contribution in [0.1, 0.15) is 27.2 Å². The maximum Gasteiger partial charge on any atom is 0.238 e. The van der Waals surface area contributed by atoms with Crippen molar-refractivity contribution in [1.82, 2.24) is 10.6 Å². The molecule has 0 saturated heterocycles. The maximum atomic E-state index is 11.7. The molecule has 0 radical (unpaired) electrons. The van der Waals surface area contributed by atoms with Gasteiger partial charge in [0.15, 0.2) is 0 Å². The van der Waals surface area contributed by atoms with E-state index in [1.54, 1.807) is 24.3 Å². The van der Waals surface area contributed by atoms with Crippen LogP contribution in [0.4, 0.5) is 5.69 Å². The van der Waals surface area contributed by atoms with E-state index in [0.29, 0.717) is 23.7 Å². The van der Waals surface area contributed by atoms with Crippen molar-refractivity contribution < 1.29 is 9.59 Å². The van der Waals surface area contributed by atoms with Crippen LogP contribution in [0.3, 0.4) is 0 Å². The number of carbonyl (C=O) groups is 2. The van der Waals surface area contributed by atoms with Crippen LogP contribution in [0.25, 0.3) is 0 Å². The van der Waals surface area contributed by atoms with Gasteiger partial charge in [-0.25, -0.2) is 0 Å². The number of hydrogen-bond acceptors (Lipinski definition) is 3. The van der Waals surface area contributed by atoms with Gasteiger partial charge in [-0.3, -0.25) is 9.59 Å². The highest BCUT2D eigenvalue weighted by molar-refractivity contribution is 6.30. The Morgan fingerprint density at radius 2 is 1.90 bits per heavy atom. The summed E-state index contributed by atoms with van der Waals surface area (Å²) in [5.41, 5.74) is 0.417. The second-order valence-corrected chi connectivity index (χ2v) is 6.22. The van der Waals surface area contributed by atoms with Gasteiger partial charge in [-0.1, -0.05) is 17.7 Å². The van der Waals surface area contributed by atoms with Crippen molar-refractivity contribution in [3.63, 3.8) is 0 Å². The largest absolute Gasteiger partial charge is 0.351 e. The molecular formula is C15H22ClN3O2. The molecule has 0 aromatic heterocycles. The molecule has 0 atom stereocenters. The van der Waals surface area contributed by atoms with Gasteiger partial charge in [-0.2, -0.15) is 0 Å². The number of rotatable bonds is 6. The summed E-state index contributed by atoms with van der Waals surface area (Å²) in [5.74, 6) is -0.209. The van der Waals surface area contributed by atoms with E-state index in [4.69, 9.17) is 11.6 Å². The molecule has 116 valence electrons. The Kier molecular flexibility index (Phi) is 6.65. The summed E-state index contributed by atoms with van der Waals surface area (Å²) in [6, 6.07) is 6.95. The minimum absolute atomic E-state index is 0.0368. The molecule has 0 unspecified atom stereocenters. The van der Waals surface area contributed by atoms with Crippen LogP contribution in [0.2, 0.25) is 5.02 Å². The summed E-state index contributed by atoms with van der Waals surface area (Å²) in [6.45, 7) is 6.38. The first kappa shape index (κ1) is 17.5. The lowest BCUT2D eigenvalue weighted by Gasteiger charge is -2.20. The van der Waals surface area contributed by atoms with Gasteiger partial charge in [0.05, 0.1) is 6.54 Å². The predicted octanol–water partition coefficient (Wildman–Crippen LogP) is 2.17. The standard InChI is InChI=1S/C15H22ClN3O2/c1-15(2,3)19-13(20)7-8-17-10-14(21)18-12-6-4-5-11(16)9-12/h4-6,9,17H,7-8,10H2,1-3H3,(H,18,21)(H,19,20). The van der Waals surface area contributed by atoms with Gasteiger partial charge >= 0.3 is 0 Å². The van der Waals surface area contributed by atoms with Crippen molar-refractivity contribution in [2.45, 2.75) is 32.7 Å². The maximum absolute atomic E-state index is 11.7. The second kappa shape index (κ2) is 8.00. The normalized spacial score (nSPS) is 11.0. The number of hydrogen-bond donors (Lipinski definition) is 3. The first-order valence-corrected chi connectivity index (χ1v) is 7.21. The summed E-state index contributed by atoms with van der Waals surface area (Å²) >= 11 is 5.83. The molecule has 0 aliphatic heterocycles. The van der Waals surface area contributed by atoms with Crippen LogP contribution in [-0.2, 0) is 9.59 Å². The summed E-state index contributed by atoms with van der Waals surface area (Å²) < 4.78 is 0. The topological polar surface area (TPSA) is 70.2 Å². The van der Waals surface area contributed by atoms with Crippen molar-refractivity contribution in [1.29, 1.82) is 0 Å². The molecule has 6 heteroatoms. The summed E-state index contributed by atoms with van der Waals surface area (Å²) in [4.78, 5) is 23.2. The average Bonchev–Trinajstić information content (AvgIpc) is 2.32. The van der Waals surface area contributed by atoms with Crippen molar-refractivity contribution in [3.8, 4) is 0 Å². The molecule has 3 N–H and O–H groups in total. The molecular weight excluding hydrogens is 290 g/mol. The molecule has 1 rings (SSSR count). The van der Waals surface area contributed by atoms with Crippen molar-refractivity contribution in [2.24, 2.45) is 0 Å². The fourth-order valence-corrected chi connectivity index (χ4v) is 1.85. The highest BCUT2D eigenvalue weighted by Crippen LogP contribution is 2.14. The summed E-state index contributed by atoms with van der Waals surface area (Å²) in [7, 11) is 0. The molecule has 21 heavy (non-hydrogen) atoms. The van der Waals surface area contributed by atoms with Gasteiger partial charge in [0.1, 0.15) is 0 Å². The van der Waals surface area contributed by atoms with Crippen LogP contribution in [-0.4, -0.2) is 30.4 Å². The van der Waals surface area contributed by atoms with E-state index >= 15 is 0 Å². The SMILES string of the molecule is CC(C)(C)NC(=O)CCNCC(=O)Nc1cccc(Cl)c1. The molecule has 1 aromatic carbocycles. The lowest BCUT2D eigenvalue weighted by Crippen LogP contribution is -2.42. The van der Waals surface area contributed by atoms with Gasteiger partial charge in [0.2, 0.25) is 11.8 Å². The molecule has 2 amide bonds. The molecule has 0 heterocycles. The van der Waals surface area contributed by atoms with Crippen molar-refractivity contribution in [2.75, 3.05) is 18.4 Å². The second-order valence-electron chi connectivity index (χ2n) is 5.78. The smallest absolute Gasteiger partial charge is 0.238 e. The summed E-state index contributed by atoms with van der Waals surface area (Å²) in [5, 5.41) is 9.08. The highest BCUT2D eigenvalue weighted by atomic mass is 35.5. The molecule has 0 fully saturated rings. The van der Waals surface area contributed by atoms with Gasteiger partial charge in [0, 0.05) is 29.2 Å². The Morgan fingerprint density at radius 1 is 1.19 bits per heavy atom. The fourth-order valence-electron chi connectivity index (χ4n) is 1.66. The van der Waals surface area contributed by atoms with E-state index in [1.165, 1.54) is 0 Å². The van der Waals surface area contributed by atoms with Gasteiger partial charge in [-0.15, -0.1) is 0 Å². The Balaban J connectivity index is 2.21. The Bertz CT molecular complexity index is 498.